The van der Waals surface area contributed by atoms with Gasteiger partial charge in [0.1, 0.15) is 0 Å². The van der Waals surface area contributed by atoms with Crippen LogP contribution >= 0.6 is 11.3 Å². The van der Waals surface area contributed by atoms with E-state index in [9.17, 15) is 9.59 Å². The molecule has 1 aliphatic carbocycles. The molecule has 1 heterocycles. The van der Waals surface area contributed by atoms with Gasteiger partial charge in [-0.15, -0.1) is 11.3 Å². The minimum atomic E-state index is -0.327. The van der Waals surface area contributed by atoms with Crippen LogP contribution in [0.15, 0.2) is 30.3 Å². The molecule has 0 radical (unpaired) electrons. The summed E-state index contributed by atoms with van der Waals surface area (Å²) in [4.78, 5) is 28.5. The summed E-state index contributed by atoms with van der Waals surface area (Å²) in [6, 6.07) is 9.21. The maximum absolute atomic E-state index is 12.3. The Kier molecular flexibility index (Phi) is 5.08. The van der Waals surface area contributed by atoms with Gasteiger partial charge >= 0.3 is 0 Å². The molecule has 2 amide bonds. The summed E-state index contributed by atoms with van der Waals surface area (Å²) < 4.78 is 0. The summed E-state index contributed by atoms with van der Waals surface area (Å²) in [6.07, 6.45) is 3.24. The summed E-state index contributed by atoms with van der Waals surface area (Å²) in [5.74, 6) is 0.0813. The van der Waals surface area contributed by atoms with E-state index in [0.717, 1.165) is 18.5 Å². The molecule has 0 aliphatic heterocycles. The monoisotopic (exact) mass is 357 g/mol. The average Bonchev–Trinajstić information content (AvgIpc) is 3.02. The zero-order valence-corrected chi connectivity index (χ0v) is 15.6. The normalized spacial score (nSPS) is 16.0. The number of aryl methyl sites for hydroxylation is 1. The Labute approximate surface area is 152 Å². The fourth-order valence-electron chi connectivity index (χ4n) is 2.99. The molecule has 0 saturated heterocycles. The van der Waals surface area contributed by atoms with Crippen molar-refractivity contribution in [1.29, 1.82) is 0 Å². The molecule has 1 aliphatic rings. The zero-order valence-electron chi connectivity index (χ0n) is 14.8. The molecule has 2 aromatic rings. The lowest BCUT2D eigenvalue weighted by molar-refractivity contribution is 0.0849. The van der Waals surface area contributed by atoms with Crippen molar-refractivity contribution >= 4 is 28.8 Å². The van der Waals surface area contributed by atoms with Crippen LogP contribution in [0.3, 0.4) is 0 Å². The molecule has 3 rings (SSSR count). The molecule has 1 unspecified atom stereocenters. The van der Waals surface area contributed by atoms with E-state index in [4.69, 9.17) is 0 Å². The van der Waals surface area contributed by atoms with Gasteiger partial charge in [0.15, 0.2) is 0 Å². The molecule has 132 valence electrons. The van der Waals surface area contributed by atoms with Crippen LogP contribution in [0, 0.1) is 5.92 Å². The van der Waals surface area contributed by atoms with Crippen LogP contribution in [0.2, 0.25) is 0 Å². The molecule has 25 heavy (non-hydrogen) atoms. The Morgan fingerprint density at radius 2 is 1.92 bits per heavy atom. The number of nitrogens with zero attached hydrogens (tertiary/aromatic N) is 1. The van der Waals surface area contributed by atoms with Crippen LogP contribution in [0.4, 0.5) is 5.69 Å². The number of hydrazine groups is 1. The van der Waals surface area contributed by atoms with Crippen molar-refractivity contribution in [2.24, 2.45) is 5.92 Å². The fourth-order valence-corrected chi connectivity index (χ4v) is 4.09. The van der Waals surface area contributed by atoms with Crippen molar-refractivity contribution < 1.29 is 9.59 Å². The largest absolute Gasteiger partial charge is 0.378 e. The first-order chi connectivity index (χ1) is 11.9. The van der Waals surface area contributed by atoms with Gasteiger partial charge in [0.05, 0.1) is 4.88 Å². The van der Waals surface area contributed by atoms with Gasteiger partial charge in [0.2, 0.25) is 0 Å². The Bertz CT molecular complexity index is 798. The molecule has 0 fully saturated rings. The van der Waals surface area contributed by atoms with Gasteiger partial charge in [0.25, 0.3) is 11.8 Å². The van der Waals surface area contributed by atoms with Gasteiger partial charge < -0.3 is 4.90 Å². The van der Waals surface area contributed by atoms with E-state index in [1.54, 1.807) is 12.1 Å². The number of carbonyl (C=O) groups excluding carboxylic acids is 2. The van der Waals surface area contributed by atoms with Crippen LogP contribution in [0.1, 0.15) is 43.8 Å². The lowest BCUT2D eigenvalue weighted by Gasteiger charge is -2.16. The second-order valence-electron chi connectivity index (χ2n) is 6.76. The quantitative estimate of drug-likeness (QED) is 0.830. The molecule has 0 bridgehead atoms. The highest BCUT2D eigenvalue weighted by Crippen LogP contribution is 2.32. The third-order valence-electron chi connectivity index (χ3n) is 4.47. The molecule has 2 N–H and O–H groups in total. The standard InChI is InChI=1S/C19H23N3O2S/c1-12-7-8-16-14(9-12)11-17(25-16)19(24)21-20-18(23)13-5-4-6-15(10-13)22(2)3/h4-6,10-12H,7-9H2,1-3H3,(H,20,23)(H,21,24). The summed E-state index contributed by atoms with van der Waals surface area (Å²) in [6.45, 7) is 2.24. The summed E-state index contributed by atoms with van der Waals surface area (Å²) in [5, 5.41) is 0. The Balaban J connectivity index is 1.62. The number of hydrogen-bond acceptors (Lipinski definition) is 4. The van der Waals surface area contributed by atoms with Crippen LogP contribution in [-0.4, -0.2) is 25.9 Å². The molecule has 1 aromatic carbocycles. The number of hydrogen-bond donors (Lipinski definition) is 2. The Morgan fingerprint density at radius 3 is 2.68 bits per heavy atom. The highest BCUT2D eigenvalue weighted by Gasteiger charge is 2.21. The first kappa shape index (κ1) is 17.5. The second-order valence-corrected chi connectivity index (χ2v) is 7.90. The fraction of sp³-hybridized carbons (Fsp3) is 0.368. The third kappa shape index (κ3) is 4.02. The van der Waals surface area contributed by atoms with E-state index in [1.165, 1.54) is 28.2 Å². The van der Waals surface area contributed by atoms with Crippen molar-refractivity contribution in [1.82, 2.24) is 10.9 Å². The number of amides is 2. The van der Waals surface area contributed by atoms with Crippen molar-refractivity contribution in [2.75, 3.05) is 19.0 Å². The maximum Gasteiger partial charge on any atom is 0.279 e. The minimum Gasteiger partial charge on any atom is -0.378 e. The molecule has 0 saturated carbocycles. The average molecular weight is 357 g/mol. The van der Waals surface area contributed by atoms with Crippen molar-refractivity contribution in [2.45, 2.75) is 26.2 Å². The molecular formula is C19H23N3O2S. The summed E-state index contributed by atoms with van der Waals surface area (Å²) in [5.41, 5.74) is 7.74. The number of carbonyl (C=O) groups is 2. The van der Waals surface area contributed by atoms with E-state index < -0.39 is 0 Å². The van der Waals surface area contributed by atoms with E-state index >= 15 is 0 Å². The summed E-state index contributed by atoms with van der Waals surface area (Å²) in [7, 11) is 3.83. The van der Waals surface area contributed by atoms with Crippen molar-refractivity contribution in [3.8, 4) is 0 Å². The van der Waals surface area contributed by atoms with Crippen molar-refractivity contribution in [3.05, 3.63) is 51.2 Å². The number of thiophene rings is 1. The number of benzene rings is 1. The molecular weight excluding hydrogens is 334 g/mol. The molecule has 6 heteroatoms. The zero-order chi connectivity index (χ0) is 18.0. The first-order valence-electron chi connectivity index (χ1n) is 8.43. The van der Waals surface area contributed by atoms with Crippen LogP contribution < -0.4 is 15.8 Å². The SMILES string of the molecule is CC1CCc2sc(C(=O)NNC(=O)c3cccc(N(C)C)c3)cc2C1. The predicted molar refractivity (Wildman–Crippen MR) is 101 cm³/mol. The lowest BCUT2D eigenvalue weighted by atomic mass is 9.90. The number of fused-ring (bicyclic) bond motifs is 1. The van der Waals surface area contributed by atoms with Crippen LogP contribution in [0.25, 0.3) is 0 Å². The Hall–Kier alpha value is -2.34. The third-order valence-corrected chi connectivity index (χ3v) is 5.70. The van der Waals surface area contributed by atoms with Crippen molar-refractivity contribution in [3.63, 3.8) is 0 Å². The van der Waals surface area contributed by atoms with E-state index in [0.29, 0.717) is 16.4 Å². The van der Waals surface area contributed by atoms with Gasteiger partial charge in [-0.3, -0.25) is 20.4 Å². The molecule has 0 spiro atoms. The van der Waals surface area contributed by atoms with E-state index in [1.807, 2.05) is 37.2 Å². The first-order valence-corrected chi connectivity index (χ1v) is 9.25. The molecule has 5 nitrogen and oxygen atoms in total. The highest BCUT2D eigenvalue weighted by molar-refractivity contribution is 7.14. The van der Waals surface area contributed by atoms with Gasteiger partial charge in [-0.05, 0) is 55.0 Å². The van der Waals surface area contributed by atoms with Gasteiger partial charge in [-0.2, -0.15) is 0 Å². The van der Waals surface area contributed by atoms with Crippen LogP contribution in [-0.2, 0) is 12.8 Å². The number of anilines is 1. The molecule has 1 atom stereocenters. The van der Waals surface area contributed by atoms with E-state index in [-0.39, 0.29) is 11.8 Å². The lowest BCUT2D eigenvalue weighted by Crippen LogP contribution is -2.41. The number of rotatable bonds is 3. The number of nitrogens with one attached hydrogen (secondary N) is 2. The smallest absolute Gasteiger partial charge is 0.279 e. The summed E-state index contributed by atoms with van der Waals surface area (Å²) >= 11 is 1.53. The second kappa shape index (κ2) is 7.27. The molecule has 1 aromatic heterocycles. The van der Waals surface area contributed by atoms with Crippen LogP contribution in [0.5, 0.6) is 0 Å². The highest BCUT2D eigenvalue weighted by atomic mass is 32.1. The Morgan fingerprint density at radius 1 is 1.16 bits per heavy atom. The minimum absolute atomic E-state index is 0.260. The predicted octanol–water partition coefficient (Wildman–Crippen LogP) is 3.01. The van der Waals surface area contributed by atoms with E-state index in [2.05, 4.69) is 17.8 Å². The van der Waals surface area contributed by atoms with Gasteiger partial charge in [-0.1, -0.05) is 13.0 Å². The van der Waals surface area contributed by atoms with Gasteiger partial charge in [-0.25, -0.2) is 0 Å². The van der Waals surface area contributed by atoms with Gasteiger partial charge in [0, 0.05) is 30.2 Å². The maximum atomic E-state index is 12.3. The topological polar surface area (TPSA) is 61.4 Å².